The van der Waals surface area contributed by atoms with Crippen molar-refractivity contribution in [2.45, 2.75) is 76.3 Å². The first-order valence-corrected chi connectivity index (χ1v) is 14.3. The summed E-state index contributed by atoms with van der Waals surface area (Å²) in [6, 6.07) is 3.13. The number of hydrogen-bond donors (Lipinski definition) is 1. The number of alkyl halides is 3. The second-order valence-corrected chi connectivity index (χ2v) is 16.4. The van der Waals surface area contributed by atoms with Crippen LogP contribution >= 0.6 is 27.5 Å². The van der Waals surface area contributed by atoms with Gasteiger partial charge in [-0.1, -0.05) is 11.6 Å². The van der Waals surface area contributed by atoms with Crippen molar-refractivity contribution < 1.29 is 21.8 Å². The van der Waals surface area contributed by atoms with E-state index in [-0.39, 0.29) is 10.7 Å². The summed E-state index contributed by atoms with van der Waals surface area (Å²) in [6.07, 6.45) is -7.16. The van der Waals surface area contributed by atoms with Crippen molar-refractivity contribution in [1.29, 1.82) is 0 Å². The molecule has 28 heavy (non-hydrogen) atoms. The SMILES string of the molecule is CC(C)(C)[S@@](=O)N[C@@](C)(C[C@@H](O[Si](C)(C)C)C(F)(F)F)c1nc(Br)ccc1Cl. The molecule has 1 heterocycles. The Hall–Kier alpha value is -0.00312. The van der Waals surface area contributed by atoms with Gasteiger partial charge in [0.1, 0.15) is 10.7 Å². The van der Waals surface area contributed by atoms with Crippen molar-refractivity contribution in [3.8, 4) is 0 Å². The Morgan fingerprint density at radius 2 is 1.79 bits per heavy atom. The molecular weight excluding hydrogens is 497 g/mol. The van der Waals surface area contributed by atoms with Gasteiger partial charge in [-0.15, -0.1) is 0 Å². The molecule has 1 N–H and O–H groups in total. The highest BCUT2D eigenvalue weighted by atomic mass is 79.9. The van der Waals surface area contributed by atoms with Gasteiger partial charge in [0.05, 0.1) is 32.0 Å². The third-order valence-electron chi connectivity index (χ3n) is 3.66. The Bertz CT molecular complexity index is 726. The van der Waals surface area contributed by atoms with E-state index < -0.39 is 48.3 Å². The van der Waals surface area contributed by atoms with Crippen LogP contribution in [0.4, 0.5) is 13.2 Å². The highest BCUT2D eigenvalue weighted by Gasteiger charge is 2.49. The summed E-state index contributed by atoms with van der Waals surface area (Å²) >= 11 is 9.50. The van der Waals surface area contributed by atoms with Crippen LogP contribution in [-0.4, -0.2) is 34.5 Å². The van der Waals surface area contributed by atoms with Gasteiger partial charge in [0.2, 0.25) is 0 Å². The summed E-state index contributed by atoms with van der Waals surface area (Å²) in [4.78, 5) is 4.29. The van der Waals surface area contributed by atoms with E-state index in [1.165, 1.54) is 13.0 Å². The summed E-state index contributed by atoms with van der Waals surface area (Å²) < 4.78 is 62.1. The number of halogens is 5. The molecule has 1 aromatic heterocycles. The van der Waals surface area contributed by atoms with E-state index in [0.29, 0.717) is 4.60 Å². The van der Waals surface area contributed by atoms with Crippen LogP contribution in [0.15, 0.2) is 16.7 Å². The third-order valence-corrected chi connectivity index (χ3v) is 7.15. The van der Waals surface area contributed by atoms with Crippen molar-refractivity contribution in [2.75, 3.05) is 0 Å². The van der Waals surface area contributed by atoms with Gasteiger partial charge in [0.25, 0.3) is 0 Å². The number of nitrogens with zero attached hydrogens (tertiary/aromatic N) is 1. The van der Waals surface area contributed by atoms with Crippen LogP contribution in [0.25, 0.3) is 0 Å². The Morgan fingerprint density at radius 1 is 1.25 bits per heavy atom. The van der Waals surface area contributed by atoms with Gasteiger partial charge in [-0.25, -0.2) is 13.9 Å². The first-order chi connectivity index (χ1) is 12.3. The van der Waals surface area contributed by atoms with Crippen LogP contribution < -0.4 is 4.72 Å². The largest absolute Gasteiger partial charge is 0.413 e. The second kappa shape index (κ2) is 9.01. The molecule has 0 aliphatic carbocycles. The van der Waals surface area contributed by atoms with Gasteiger partial charge in [-0.3, -0.25) is 0 Å². The molecule has 0 saturated heterocycles. The summed E-state index contributed by atoms with van der Waals surface area (Å²) in [7, 11) is -4.18. The molecule has 0 radical (unpaired) electrons. The number of rotatable bonds is 7. The molecule has 0 spiro atoms. The van der Waals surface area contributed by atoms with Crippen molar-refractivity contribution >= 4 is 46.8 Å². The molecule has 0 bridgehead atoms. The summed E-state index contributed by atoms with van der Waals surface area (Å²) in [5.74, 6) is 0. The monoisotopic (exact) mass is 522 g/mol. The van der Waals surface area contributed by atoms with E-state index in [1.54, 1.807) is 46.5 Å². The lowest BCUT2D eigenvalue weighted by Crippen LogP contribution is -2.52. The third kappa shape index (κ3) is 7.68. The predicted octanol–water partition coefficient (Wildman–Crippen LogP) is 5.94. The lowest BCUT2D eigenvalue weighted by atomic mass is 9.91. The van der Waals surface area contributed by atoms with Crippen LogP contribution in [0.2, 0.25) is 24.7 Å². The quantitative estimate of drug-likeness (QED) is 0.356. The maximum absolute atomic E-state index is 13.8. The van der Waals surface area contributed by atoms with Crippen LogP contribution in [0.3, 0.4) is 0 Å². The summed E-state index contributed by atoms with van der Waals surface area (Å²) in [6.45, 7) is 11.8. The molecule has 0 aliphatic heterocycles. The normalized spacial score (nSPS) is 17.9. The Labute approximate surface area is 181 Å². The van der Waals surface area contributed by atoms with E-state index >= 15 is 0 Å². The van der Waals surface area contributed by atoms with E-state index in [1.807, 2.05) is 0 Å². The van der Waals surface area contributed by atoms with Gasteiger partial charge < -0.3 is 4.43 Å². The molecule has 0 aliphatic rings. The smallest absolute Gasteiger partial charge is 0.406 e. The second-order valence-electron chi connectivity index (χ2n) is 8.74. The fourth-order valence-corrected chi connectivity index (χ4v) is 4.96. The average molecular weight is 524 g/mol. The molecule has 0 fully saturated rings. The van der Waals surface area contributed by atoms with Gasteiger partial charge in [-0.05, 0) is 75.4 Å². The number of pyridine rings is 1. The highest BCUT2D eigenvalue weighted by Crippen LogP contribution is 2.38. The maximum Gasteiger partial charge on any atom is 0.413 e. The first-order valence-electron chi connectivity index (χ1n) is 8.62. The molecule has 4 nitrogen and oxygen atoms in total. The average Bonchev–Trinajstić information content (AvgIpc) is 2.45. The molecule has 0 unspecified atom stereocenters. The van der Waals surface area contributed by atoms with Crippen molar-refractivity contribution in [2.24, 2.45) is 0 Å². The number of nitrogens with one attached hydrogen (secondary N) is 1. The zero-order valence-electron chi connectivity index (χ0n) is 17.0. The molecule has 3 atom stereocenters. The van der Waals surface area contributed by atoms with Gasteiger partial charge in [0.15, 0.2) is 8.32 Å². The van der Waals surface area contributed by atoms with Gasteiger partial charge in [0, 0.05) is 6.42 Å². The highest BCUT2D eigenvalue weighted by molar-refractivity contribution is 9.10. The Balaban J connectivity index is 3.48. The Kier molecular flexibility index (Phi) is 8.38. The summed E-state index contributed by atoms with van der Waals surface area (Å²) in [5, 5.41) is 0.179. The number of aromatic nitrogens is 1. The molecule has 0 saturated carbocycles. The lowest BCUT2D eigenvalue weighted by molar-refractivity contribution is -0.203. The van der Waals surface area contributed by atoms with Crippen molar-refractivity contribution in [3.05, 3.63) is 27.5 Å². The predicted molar refractivity (Wildman–Crippen MR) is 114 cm³/mol. The van der Waals surface area contributed by atoms with Crippen LogP contribution in [-0.2, 0) is 21.0 Å². The molecule has 0 aromatic carbocycles. The minimum absolute atomic E-state index is 0.176. The van der Waals surface area contributed by atoms with E-state index in [9.17, 15) is 17.4 Å². The first kappa shape index (κ1) is 26.0. The molecule has 162 valence electrons. The van der Waals surface area contributed by atoms with Gasteiger partial charge in [-0.2, -0.15) is 13.2 Å². The maximum atomic E-state index is 13.8. The van der Waals surface area contributed by atoms with Crippen molar-refractivity contribution in [1.82, 2.24) is 9.71 Å². The lowest BCUT2D eigenvalue weighted by Gasteiger charge is -2.38. The van der Waals surface area contributed by atoms with Crippen LogP contribution in [0.5, 0.6) is 0 Å². The van der Waals surface area contributed by atoms with Gasteiger partial charge >= 0.3 is 6.18 Å². The molecule has 0 amide bonds. The number of hydrogen-bond acceptors (Lipinski definition) is 3. The van der Waals surface area contributed by atoms with Crippen LogP contribution in [0.1, 0.15) is 39.8 Å². The molecule has 1 rings (SSSR count). The molecule has 11 heteroatoms. The van der Waals surface area contributed by atoms with E-state index in [4.69, 9.17) is 16.0 Å². The minimum atomic E-state index is -4.59. The van der Waals surface area contributed by atoms with Crippen LogP contribution in [0, 0.1) is 0 Å². The van der Waals surface area contributed by atoms with E-state index in [2.05, 4.69) is 25.6 Å². The zero-order valence-corrected chi connectivity index (χ0v) is 21.2. The zero-order chi connectivity index (χ0) is 22.1. The molecular formula is C17H27BrClF3N2O2SSi. The van der Waals surface area contributed by atoms with Crippen molar-refractivity contribution in [3.63, 3.8) is 0 Å². The fraction of sp³-hybridized carbons (Fsp3) is 0.706. The summed E-state index contributed by atoms with van der Waals surface area (Å²) in [5.41, 5.74) is -1.27. The van der Waals surface area contributed by atoms with E-state index in [0.717, 1.165) is 0 Å². The minimum Gasteiger partial charge on any atom is -0.406 e. The fourth-order valence-electron chi connectivity index (χ4n) is 2.37. The molecule has 1 aromatic rings. The standard InChI is InChI=1S/C17H27BrClF3N2O2SSi/c1-15(2,3)27(25)24-16(4,14-11(19)8-9-13(18)23-14)10-12(17(20,21)22)26-28(5,6)7/h8-9,12,24H,10H2,1-7H3/t12-,16+,27-/m1/s1. The topological polar surface area (TPSA) is 51.2 Å². The Morgan fingerprint density at radius 3 is 2.21 bits per heavy atom.